The van der Waals surface area contributed by atoms with Gasteiger partial charge in [0.25, 0.3) is 11.8 Å². The second kappa shape index (κ2) is 11.2. The van der Waals surface area contributed by atoms with Gasteiger partial charge < -0.3 is 4.74 Å². The summed E-state index contributed by atoms with van der Waals surface area (Å²) in [6.07, 6.45) is 5.86. The Bertz CT molecular complexity index is 351. The van der Waals surface area contributed by atoms with Crippen molar-refractivity contribution in [1.29, 1.82) is 0 Å². The van der Waals surface area contributed by atoms with E-state index >= 15 is 0 Å². The molecule has 0 aliphatic carbocycles. The molecule has 0 atom stereocenters. The summed E-state index contributed by atoms with van der Waals surface area (Å²) in [6, 6.07) is 0. The Morgan fingerprint density at radius 2 is 2.00 bits per heavy atom. The highest BCUT2D eigenvalue weighted by atomic mass is 16.5. The van der Waals surface area contributed by atoms with Gasteiger partial charge in [-0.05, 0) is 19.8 Å². The van der Waals surface area contributed by atoms with Crippen LogP contribution in [0.1, 0.15) is 40.0 Å². The van der Waals surface area contributed by atoms with Gasteiger partial charge in [0.15, 0.2) is 0 Å². The lowest BCUT2D eigenvalue weighted by Crippen LogP contribution is -2.46. The van der Waals surface area contributed by atoms with Gasteiger partial charge in [-0.2, -0.15) is 0 Å². The van der Waals surface area contributed by atoms with Crippen molar-refractivity contribution in [3.8, 4) is 0 Å². The molecule has 0 aromatic carbocycles. The number of hydrazine groups is 1. The van der Waals surface area contributed by atoms with Crippen LogP contribution in [0.15, 0.2) is 24.3 Å². The first-order chi connectivity index (χ1) is 9.52. The van der Waals surface area contributed by atoms with Crippen LogP contribution in [-0.2, 0) is 14.3 Å². The number of amides is 2. The van der Waals surface area contributed by atoms with Gasteiger partial charge in [-0.15, -0.1) is 0 Å². The fraction of sp³-hybridized carbons (Fsp3) is 0.600. The molecule has 0 spiro atoms. The summed E-state index contributed by atoms with van der Waals surface area (Å²) in [5.74, 6) is -0.611. The molecule has 5 nitrogen and oxygen atoms in total. The van der Waals surface area contributed by atoms with Crippen molar-refractivity contribution in [2.45, 2.75) is 40.0 Å². The fourth-order valence-electron chi connectivity index (χ4n) is 1.39. The number of carbonyl (C=O) groups is 2. The molecule has 20 heavy (non-hydrogen) atoms. The molecule has 1 N–H and O–H groups in total. The summed E-state index contributed by atoms with van der Waals surface area (Å²) >= 11 is 0. The van der Waals surface area contributed by atoms with E-state index in [1.165, 1.54) is 11.1 Å². The number of nitrogens with zero attached hydrogens (tertiary/aromatic N) is 1. The summed E-state index contributed by atoms with van der Waals surface area (Å²) in [7, 11) is 0. The molecule has 0 bridgehead atoms. The molecule has 114 valence electrons. The first kappa shape index (κ1) is 18.4. The van der Waals surface area contributed by atoms with Gasteiger partial charge in [0.1, 0.15) is 0 Å². The first-order valence-electron chi connectivity index (χ1n) is 7.05. The topological polar surface area (TPSA) is 58.6 Å². The molecule has 5 heteroatoms. The van der Waals surface area contributed by atoms with Crippen LogP contribution in [0.25, 0.3) is 0 Å². The Labute approximate surface area is 121 Å². The Morgan fingerprint density at radius 3 is 2.55 bits per heavy atom. The molecular formula is C15H26N2O3. The summed E-state index contributed by atoms with van der Waals surface area (Å²) < 4.78 is 5.30. The molecule has 0 rings (SSSR count). The predicted octanol–water partition coefficient (Wildman–Crippen LogP) is 2.21. The van der Waals surface area contributed by atoms with Crippen LogP contribution in [-0.4, -0.2) is 36.6 Å². The van der Waals surface area contributed by atoms with Crippen molar-refractivity contribution in [2.75, 3.05) is 19.8 Å². The van der Waals surface area contributed by atoms with Crippen molar-refractivity contribution in [3.05, 3.63) is 24.3 Å². The van der Waals surface area contributed by atoms with Crippen LogP contribution < -0.4 is 5.43 Å². The normalized spacial score (nSPS) is 10.6. The van der Waals surface area contributed by atoms with Gasteiger partial charge in [0.2, 0.25) is 0 Å². The first-order valence-corrected chi connectivity index (χ1v) is 7.05. The zero-order valence-corrected chi connectivity index (χ0v) is 12.8. The minimum Gasteiger partial charge on any atom is -0.377 e. The smallest absolute Gasteiger partial charge is 0.267 e. The van der Waals surface area contributed by atoms with Crippen LogP contribution in [0.2, 0.25) is 0 Å². The standard InChI is InChI=1S/C15H26N2O3/c1-5-7-11-20-12-8-9-14(18)16-17(10-6-2)15(19)13(3)4/h8-9H,3,5-7,10-12H2,1-2,4H3,(H,16,18). The van der Waals surface area contributed by atoms with Crippen LogP contribution in [0.4, 0.5) is 0 Å². The van der Waals surface area contributed by atoms with Gasteiger partial charge in [0.05, 0.1) is 6.61 Å². The van der Waals surface area contributed by atoms with Crippen molar-refractivity contribution >= 4 is 11.8 Å². The average Bonchev–Trinajstić information content (AvgIpc) is 2.41. The molecule has 0 unspecified atom stereocenters. The number of ether oxygens (including phenoxy) is 1. The lowest BCUT2D eigenvalue weighted by Gasteiger charge is -2.21. The number of nitrogens with one attached hydrogen (secondary N) is 1. The molecule has 0 saturated carbocycles. The van der Waals surface area contributed by atoms with Gasteiger partial charge in [-0.25, -0.2) is 0 Å². The molecule has 0 aromatic rings. The molecule has 0 aromatic heterocycles. The summed E-state index contributed by atoms with van der Waals surface area (Å²) in [5, 5.41) is 1.28. The molecule has 0 fully saturated rings. The monoisotopic (exact) mass is 282 g/mol. The van der Waals surface area contributed by atoms with Crippen LogP contribution in [0.5, 0.6) is 0 Å². The Morgan fingerprint density at radius 1 is 1.30 bits per heavy atom. The molecule has 2 amide bonds. The summed E-state index contributed by atoms with van der Waals surface area (Å²) in [5.41, 5.74) is 2.94. The van der Waals surface area contributed by atoms with E-state index in [1.54, 1.807) is 13.0 Å². The third-order valence-corrected chi connectivity index (χ3v) is 2.43. The molecular weight excluding hydrogens is 256 g/mol. The number of carbonyl (C=O) groups excluding carboxylic acids is 2. The minimum atomic E-state index is -0.341. The largest absolute Gasteiger partial charge is 0.377 e. The van der Waals surface area contributed by atoms with Crippen molar-refractivity contribution in [3.63, 3.8) is 0 Å². The van der Waals surface area contributed by atoms with E-state index in [2.05, 4.69) is 18.9 Å². The highest BCUT2D eigenvalue weighted by Crippen LogP contribution is 1.97. The predicted molar refractivity (Wildman–Crippen MR) is 79.8 cm³/mol. The summed E-state index contributed by atoms with van der Waals surface area (Å²) in [4.78, 5) is 23.4. The van der Waals surface area contributed by atoms with Gasteiger partial charge in [-0.1, -0.05) is 32.9 Å². The highest BCUT2D eigenvalue weighted by molar-refractivity contribution is 5.95. The van der Waals surface area contributed by atoms with E-state index in [0.29, 0.717) is 25.3 Å². The van der Waals surface area contributed by atoms with Crippen molar-refractivity contribution in [2.24, 2.45) is 0 Å². The van der Waals surface area contributed by atoms with Gasteiger partial charge in [0, 0.05) is 24.8 Å². The van der Waals surface area contributed by atoms with Gasteiger partial charge in [-0.3, -0.25) is 20.0 Å². The SMILES string of the molecule is C=C(C)C(=O)N(CCC)NC(=O)C=CCOCCCC. The number of rotatable bonds is 9. The Kier molecular flexibility index (Phi) is 10.3. The summed E-state index contributed by atoms with van der Waals surface area (Å²) in [6.45, 7) is 10.8. The Hall–Kier alpha value is -1.62. The third kappa shape index (κ3) is 8.48. The van der Waals surface area contributed by atoms with E-state index in [0.717, 1.165) is 19.3 Å². The third-order valence-electron chi connectivity index (χ3n) is 2.43. The molecule has 0 heterocycles. The van der Waals surface area contributed by atoms with E-state index < -0.39 is 0 Å². The van der Waals surface area contributed by atoms with E-state index in [1.807, 2.05) is 6.92 Å². The fourth-order valence-corrected chi connectivity index (χ4v) is 1.39. The van der Waals surface area contributed by atoms with E-state index in [9.17, 15) is 9.59 Å². The molecule has 0 saturated heterocycles. The minimum absolute atomic E-state index is 0.271. The second-order valence-corrected chi connectivity index (χ2v) is 4.54. The van der Waals surface area contributed by atoms with Crippen LogP contribution >= 0.6 is 0 Å². The second-order valence-electron chi connectivity index (χ2n) is 4.54. The molecule has 0 radical (unpaired) electrons. The highest BCUT2D eigenvalue weighted by Gasteiger charge is 2.14. The van der Waals surface area contributed by atoms with Crippen LogP contribution in [0.3, 0.4) is 0 Å². The number of unbranched alkanes of at least 4 members (excludes halogenated alkanes) is 1. The zero-order valence-electron chi connectivity index (χ0n) is 12.8. The van der Waals surface area contributed by atoms with Crippen LogP contribution in [0, 0.1) is 0 Å². The van der Waals surface area contributed by atoms with E-state index in [4.69, 9.17) is 4.74 Å². The average molecular weight is 282 g/mol. The lowest BCUT2D eigenvalue weighted by atomic mass is 10.3. The van der Waals surface area contributed by atoms with Gasteiger partial charge >= 0.3 is 0 Å². The van der Waals surface area contributed by atoms with E-state index in [-0.39, 0.29) is 11.8 Å². The lowest BCUT2D eigenvalue weighted by molar-refractivity contribution is -0.136. The van der Waals surface area contributed by atoms with Crippen molar-refractivity contribution < 1.29 is 14.3 Å². The maximum absolute atomic E-state index is 11.8. The molecule has 0 aliphatic rings. The maximum Gasteiger partial charge on any atom is 0.267 e. The zero-order chi connectivity index (χ0) is 15.4. The maximum atomic E-state index is 11.8. The number of hydrogen-bond donors (Lipinski definition) is 1. The molecule has 0 aliphatic heterocycles. The number of hydrogen-bond acceptors (Lipinski definition) is 3. The quantitative estimate of drug-likeness (QED) is 0.401. The Balaban J connectivity index is 4.16. The van der Waals surface area contributed by atoms with Crippen molar-refractivity contribution in [1.82, 2.24) is 10.4 Å².